The Morgan fingerprint density at radius 3 is 2.44 bits per heavy atom. The van der Waals surface area contributed by atoms with Crippen LogP contribution in [0.5, 0.6) is 0 Å². The minimum atomic E-state index is -1.34. The number of aliphatic carboxylic acids is 1. The summed E-state index contributed by atoms with van der Waals surface area (Å²) in [5.41, 5.74) is 0. The highest BCUT2D eigenvalue weighted by Gasteiger charge is 2.40. The van der Waals surface area contributed by atoms with Crippen LogP contribution in [0.1, 0.15) is 12.8 Å². The van der Waals surface area contributed by atoms with Gasteiger partial charge >= 0.3 is 5.97 Å². The molecule has 0 radical (unpaired) electrons. The standard InChI is InChI=1S/C8H9N5O4S/c1-12-8(9-10-11-12)18-6(7(16)17)13-4(14)2-3-5(13)15/h6H,2-3H2,1H3,(H,16,17). The maximum atomic E-state index is 11.5. The summed E-state index contributed by atoms with van der Waals surface area (Å²) in [6, 6.07) is 0. The third kappa shape index (κ3) is 2.18. The highest BCUT2D eigenvalue weighted by Crippen LogP contribution is 2.27. The lowest BCUT2D eigenvalue weighted by atomic mass is 10.4. The second kappa shape index (κ2) is 4.72. The summed E-state index contributed by atoms with van der Waals surface area (Å²) >= 11 is 0.746. The van der Waals surface area contributed by atoms with E-state index in [1.165, 1.54) is 11.7 Å². The summed E-state index contributed by atoms with van der Waals surface area (Å²) in [5.74, 6) is -2.27. The molecule has 2 rings (SSSR count). The van der Waals surface area contributed by atoms with Crippen LogP contribution in [-0.4, -0.2) is 53.4 Å². The van der Waals surface area contributed by atoms with Crippen molar-refractivity contribution in [3.05, 3.63) is 0 Å². The predicted octanol–water partition coefficient (Wildman–Crippen LogP) is -1.14. The molecule has 1 aliphatic heterocycles. The van der Waals surface area contributed by atoms with E-state index >= 15 is 0 Å². The lowest BCUT2D eigenvalue weighted by molar-refractivity contribution is -0.150. The Morgan fingerprint density at radius 1 is 1.39 bits per heavy atom. The monoisotopic (exact) mass is 271 g/mol. The van der Waals surface area contributed by atoms with E-state index in [4.69, 9.17) is 5.11 Å². The zero-order chi connectivity index (χ0) is 13.3. The predicted molar refractivity (Wildman–Crippen MR) is 57.2 cm³/mol. The summed E-state index contributed by atoms with van der Waals surface area (Å²) in [6.07, 6.45) is 0.0838. The molecule has 1 aromatic rings. The Hall–Kier alpha value is -1.97. The molecule has 0 aromatic carbocycles. The topological polar surface area (TPSA) is 118 Å². The second-order valence-corrected chi connectivity index (χ2v) is 4.60. The maximum absolute atomic E-state index is 11.5. The second-order valence-electron chi connectivity index (χ2n) is 3.55. The number of hydrogen-bond donors (Lipinski definition) is 1. The van der Waals surface area contributed by atoms with Crippen molar-refractivity contribution >= 4 is 29.5 Å². The number of carboxylic acid groups (broad SMARTS) is 1. The Labute approximate surface area is 105 Å². The van der Waals surface area contributed by atoms with Crippen LogP contribution in [0.15, 0.2) is 5.16 Å². The molecular weight excluding hydrogens is 262 g/mol. The van der Waals surface area contributed by atoms with Gasteiger partial charge in [-0.2, -0.15) is 0 Å². The molecule has 10 heteroatoms. The molecule has 1 atom stereocenters. The third-order valence-corrected chi connectivity index (χ3v) is 3.53. The van der Waals surface area contributed by atoms with Gasteiger partial charge in [-0.25, -0.2) is 9.48 Å². The van der Waals surface area contributed by atoms with E-state index < -0.39 is 23.2 Å². The molecule has 0 saturated carbocycles. The molecular formula is C8H9N5O4S. The van der Waals surface area contributed by atoms with E-state index in [1.807, 2.05) is 0 Å². The Bertz CT molecular complexity index is 499. The molecule has 96 valence electrons. The summed E-state index contributed by atoms with van der Waals surface area (Å²) in [6.45, 7) is 0. The largest absolute Gasteiger partial charge is 0.479 e. The van der Waals surface area contributed by atoms with Gasteiger partial charge in [-0.15, -0.1) is 5.10 Å². The van der Waals surface area contributed by atoms with Gasteiger partial charge in [0.1, 0.15) is 0 Å². The van der Waals surface area contributed by atoms with Crippen molar-refractivity contribution in [2.24, 2.45) is 7.05 Å². The Kier molecular flexibility index (Phi) is 3.28. The number of likely N-dealkylation sites (tertiary alicyclic amines) is 1. The van der Waals surface area contributed by atoms with Crippen molar-refractivity contribution in [1.29, 1.82) is 0 Å². The lowest BCUT2D eigenvalue weighted by Crippen LogP contribution is -2.42. The van der Waals surface area contributed by atoms with Gasteiger partial charge in [0.15, 0.2) is 5.37 Å². The molecule has 0 bridgehead atoms. The van der Waals surface area contributed by atoms with Gasteiger partial charge in [0, 0.05) is 19.9 Å². The number of rotatable bonds is 4. The van der Waals surface area contributed by atoms with Gasteiger partial charge in [0.2, 0.25) is 17.0 Å². The summed E-state index contributed by atoms with van der Waals surface area (Å²) in [5, 5.41) is 18.5. The van der Waals surface area contributed by atoms with Crippen LogP contribution in [0.2, 0.25) is 0 Å². The molecule has 1 fully saturated rings. The summed E-state index contributed by atoms with van der Waals surface area (Å²) in [4.78, 5) is 34.9. The molecule has 0 aliphatic carbocycles. The minimum absolute atomic E-state index is 0.0419. The van der Waals surface area contributed by atoms with Crippen molar-refractivity contribution in [2.75, 3.05) is 0 Å². The molecule has 2 amide bonds. The van der Waals surface area contributed by atoms with E-state index in [0.29, 0.717) is 0 Å². The average molecular weight is 271 g/mol. The molecule has 1 aromatic heterocycles. The van der Waals surface area contributed by atoms with Crippen LogP contribution in [0.3, 0.4) is 0 Å². The van der Waals surface area contributed by atoms with Crippen LogP contribution < -0.4 is 0 Å². The zero-order valence-corrected chi connectivity index (χ0v) is 10.1. The molecule has 1 unspecified atom stereocenters. The van der Waals surface area contributed by atoms with Gasteiger partial charge in [-0.3, -0.25) is 14.5 Å². The highest BCUT2D eigenvalue weighted by atomic mass is 32.2. The molecule has 1 saturated heterocycles. The first-order valence-electron chi connectivity index (χ1n) is 4.97. The first-order chi connectivity index (χ1) is 8.50. The fourth-order valence-corrected chi connectivity index (χ4v) is 2.40. The first-order valence-corrected chi connectivity index (χ1v) is 5.85. The van der Waals surface area contributed by atoms with Crippen LogP contribution >= 0.6 is 11.8 Å². The van der Waals surface area contributed by atoms with Gasteiger partial charge in [-0.1, -0.05) is 0 Å². The molecule has 1 N–H and O–H groups in total. The van der Waals surface area contributed by atoms with Crippen molar-refractivity contribution in [2.45, 2.75) is 23.4 Å². The van der Waals surface area contributed by atoms with Crippen LogP contribution in [0.4, 0.5) is 0 Å². The van der Waals surface area contributed by atoms with Crippen molar-refractivity contribution in [3.8, 4) is 0 Å². The van der Waals surface area contributed by atoms with Crippen LogP contribution in [0.25, 0.3) is 0 Å². The lowest BCUT2D eigenvalue weighted by Gasteiger charge is -2.20. The van der Waals surface area contributed by atoms with Gasteiger partial charge in [0.25, 0.3) is 0 Å². The number of hydrogen-bond acceptors (Lipinski definition) is 7. The van der Waals surface area contributed by atoms with Gasteiger partial charge < -0.3 is 5.11 Å². The quantitative estimate of drug-likeness (QED) is 0.539. The number of carbonyl (C=O) groups is 3. The van der Waals surface area contributed by atoms with Crippen molar-refractivity contribution in [3.63, 3.8) is 0 Å². The fourth-order valence-electron chi connectivity index (χ4n) is 1.49. The number of amides is 2. The van der Waals surface area contributed by atoms with Crippen LogP contribution in [0, 0.1) is 0 Å². The molecule has 0 spiro atoms. The van der Waals surface area contributed by atoms with E-state index in [9.17, 15) is 14.4 Å². The number of nitrogens with zero attached hydrogens (tertiary/aromatic N) is 5. The molecule has 1 aliphatic rings. The summed E-state index contributed by atoms with van der Waals surface area (Å²) in [7, 11) is 1.54. The average Bonchev–Trinajstić information content (AvgIpc) is 2.84. The molecule has 9 nitrogen and oxygen atoms in total. The highest BCUT2D eigenvalue weighted by molar-refractivity contribution is 8.00. The molecule has 18 heavy (non-hydrogen) atoms. The number of aromatic nitrogens is 4. The van der Waals surface area contributed by atoms with Gasteiger partial charge in [0.05, 0.1) is 0 Å². The SMILES string of the molecule is Cn1nnnc1SC(C(=O)O)N1C(=O)CCC1=O. The van der Waals surface area contributed by atoms with Crippen molar-refractivity contribution in [1.82, 2.24) is 25.1 Å². The molecule has 2 heterocycles. The maximum Gasteiger partial charge on any atom is 0.338 e. The first kappa shape index (κ1) is 12.5. The Morgan fingerprint density at radius 2 is 2.00 bits per heavy atom. The number of imide groups is 1. The van der Waals surface area contributed by atoms with E-state index in [1.54, 1.807) is 0 Å². The van der Waals surface area contributed by atoms with Gasteiger partial charge in [-0.05, 0) is 22.2 Å². The summed E-state index contributed by atoms with van der Waals surface area (Å²) < 4.78 is 1.27. The Balaban J connectivity index is 2.24. The van der Waals surface area contributed by atoms with Crippen LogP contribution in [-0.2, 0) is 21.4 Å². The minimum Gasteiger partial charge on any atom is -0.479 e. The smallest absolute Gasteiger partial charge is 0.338 e. The number of thioether (sulfide) groups is 1. The van der Waals surface area contributed by atoms with Crippen molar-refractivity contribution < 1.29 is 19.5 Å². The van der Waals surface area contributed by atoms with E-state index in [-0.39, 0.29) is 18.0 Å². The number of tetrazole rings is 1. The number of aryl methyl sites for hydroxylation is 1. The third-order valence-electron chi connectivity index (χ3n) is 2.33. The number of carbonyl (C=O) groups excluding carboxylic acids is 2. The fraction of sp³-hybridized carbons (Fsp3) is 0.500. The normalized spacial score (nSPS) is 17.3. The number of carboxylic acids is 1. The van der Waals surface area contributed by atoms with E-state index in [0.717, 1.165) is 16.7 Å². The zero-order valence-electron chi connectivity index (χ0n) is 9.31. The van der Waals surface area contributed by atoms with E-state index in [2.05, 4.69) is 15.5 Å².